The Hall–Kier alpha value is -3.83. The summed E-state index contributed by atoms with van der Waals surface area (Å²) in [6.45, 7) is 7.78. The van der Waals surface area contributed by atoms with Crippen molar-refractivity contribution in [3.05, 3.63) is 107 Å². The minimum atomic E-state index is 0.00217. The number of benzene rings is 3. The maximum atomic E-state index is 9.96. The third-order valence-corrected chi connectivity index (χ3v) is 6.91. The fraction of sp³-hybridized carbons (Fsp3) is 0.343. The van der Waals surface area contributed by atoms with Crippen LogP contribution in [0.15, 0.2) is 84.9 Å². The molecule has 1 heterocycles. The molecule has 1 atom stereocenters. The largest absolute Gasteiger partial charge is 0.508 e. The predicted octanol–water partition coefficient (Wildman–Crippen LogP) is 7.96. The van der Waals surface area contributed by atoms with E-state index >= 15 is 0 Å². The van der Waals surface area contributed by atoms with Crippen molar-refractivity contribution in [3.8, 4) is 28.5 Å². The van der Waals surface area contributed by atoms with Gasteiger partial charge in [0.15, 0.2) is 0 Å². The Kier molecular flexibility index (Phi) is 11.0. The van der Waals surface area contributed by atoms with Crippen LogP contribution in [0, 0.1) is 0 Å². The van der Waals surface area contributed by atoms with Crippen molar-refractivity contribution in [2.24, 2.45) is 0 Å². The van der Waals surface area contributed by atoms with E-state index in [9.17, 15) is 5.11 Å². The summed E-state index contributed by atoms with van der Waals surface area (Å²) >= 11 is 0. The van der Waals surface area contributed by atoms with Crippen LogP contribution in [0.3, 0.4) is 0 Å². The van der Waals surface area contributed by atoms with Gasteiger partial charge in [-0.1, -0.05) is 87.0 Å². The summed E-state index contributed by atoms with van der Waals surface area (Å²) in [5.41, 5.74) is 6.46. The number of aryl methyl sites for hydroxylation is 3. The molecule has 4 rings (SSSR count). The molecule has 0 radical (unpaired) electrons. The number of nitrogens with zero attached hydrogens (tertiary/aromatic N) is 1. The van der Waals surface area contributed by atoms with E-state index < -0.39 is 0 Å². The molecule has 0 fully saturated rings. The van der Waals surface area contributed by atoms with Gasteiger partial charge in [0.25, 0.3) is 0 Å². The molecule has 0 aliphatic rings. The number of aromatic nitrogens is 1. The highest BCUT2D eigenvalue weighted by atomic mass is 16.5. The van der Waals surface area contributed by atoms with E-state index in [0.29, 0.717) is 37.9 Å². The average Bonchev–Trinajstić information content (AvgIpc) is 2.99. The maximum Gasteiger partial charge on any atom is 0.217 e. The van der Waals surface area contributed by atoms with E-state index in [1.54, 1.807) is 12.1 Å². The zero-order chi connectivity index (χ0) is 28.2. The summed E-state index contributed by atoms with van der Waals surface area (Å²) in [5, 5.41) is 9.96. The SMILES string of the molecule is CCCc1ccc(CCc2nc(OCC(CC)OCC)cc(OCc3ccccc3)c2-c2ccc(O)cc2)cc1. The molecule has 5 heteroatoms. The van der Waals surface area contributed by atoms with Crippen LogP contribution in [0.1, 0.15) is 56.0 Å². The van der Waals surface area contributed by atoms with Crippen molar-refractivity contribution in [2.75, 3.05) is 13.2 Å². The van der Waals surface area contributed by atoms with Gasteiger partial charge in [-0.15, -0.1) is 0 Å². The summed E-state index contributed by atoms with van der Waals surface area (Å²) < 4.78 is 18.5. The molecule has 4 aromatic rings. The number of hydrogen-bond acceptors (Lipinski definition) is 5. The van der Waals surface area contributed by atoms with Crippen molar-refractivity contribution >= 4 is 0 Å². The van der Waals surface area contributed by atoms with Crippen LogP contribution < -0.4 is 9.47 Å². The van der Waals surface area contributed by atoms with Gasteiger partial charge in [-0.25, -0.2) is 4.98 Å². The van der Waals surface area contributed by atoms with Gasteiger partial charge in [0.1, 0.15) is 24.7 Å². The van der Waals surface area contributed by atoms with E-state index in [1.165, 1.54) is 11.1 Å². The van der Waals surface area contributed by atoms with Gasteiger partial charge in [0.05, 0.1) is 11.8 Å². The molecular weight excluding hydrogens is 498 g/mol. The summed E-state index contributed by atoms with van der Waals surface area (Å²) in [7, 11) is 0. The molecule has 0 saturated heterocycles. The number of ether oxygens (including phenoxy) is 3. The quantitative estimate of drug-likeness (QED) is 0.166. The van der Waals surface area contributed by atoms with Crippen LogP contribution in [0.25, 0.3) is 11.1 Å². The Labute approximate surface area is 238 Å². The summed E-state index contributed by atoms with van der Waals surface area (Å²) in [6.07, 6.45) is 4.64. The summed E-state index contributed by atoms with van der Waals surface area (Å²) in [5.74, 6) is 1.45. The molecule has 0 bridgehead atoms. The zero-order valence-electron chi connectivity index (χ0n) is 23.9. The van der Waals surface area contributed by atoms with Gasteiger partial charge in [0, 0.05) is 18.2 Å². The third kappa shape index (κ3) is 8.33. The molecule has 0 aliphatic carbocycles. The Morgan fingerprint density at radius 3 is 2.10 bits per heavy atom. The molecule has 3 aromatic carbocycles. The molecule has 210 valence electrons. The van der Waals surface area contributed by atoms with E-state index in [1.807, 2.05) is 43.3 Å². The van der Waals surface area contributed by atoms with Crippen LogP contribution in [0.2, 0.25) is 0 Å². The first-order valence-corrected chi connectivity index (χ1v) is 14.4. The van der Waals surface area contributed by atoms with Gasteiger partial charge < -0.3 is 19.3 Å². The molecule has 40 heavy (non-hydrogen) atoms. The number of aromatic hydroxyl groups is 1. The third-order valence-electron chi connectivity index (χ3n) is 6.91. The number of hydrogen-bond donors (Lipinski definition) is 1. The molecule has 0 saturated carbocycles. The highest BCUT2D eigenvalue weighted by Gasteiger charge is 2.19. The highest BCUT2D eigenvalue weighted by Crippen LogP contribution is 2.37. The summed E-state index contributed by atoms with van der Waals surface area (Å²) in [4.78, 5) is 5.00. The average molecular weight is 540 g/mol. The molecule has 1 unspecified atom stereocenters. The molecule has 0 spiro atoms. The van der Waals surface area contributed by atoms with E-state index in [4.69, 9.17) is 19.2 Å². The van der Waals surface area contributed by atoms with Crippen LogP contribution in [0.5, 0.6) is 17.4 Å². The molecule has 1 aromatic heterocycles. The van der Waals surface area contributed by atoms with Crippen LogP contribution >= 0.6 is 0 Å². The number of pyridine rings is 1. The van der Waals surface area contributed by atoms with Gasteiger partial charge in [-0.05, 0) is 67.0 Å². The Bertz CT molecular complexity index is 1300. The lowest BCUT2D eigenvalue weighted by molar-refractivity contribution is 0.0243. The van der Waals surface area contributed by atoms with E-state index in [2.05, 4.69) is 50.2 Å². The first kappa shape index (κ1) is 29.2. The van der Waals surface area contributed by atoms with Gasteiger partial charge in [-0.3, -0.25) is 0 Å². The van der Waals surface area contributed by atoms with E-state index in [-0.39, 0.29) is 11.9 Å². The molecule has 5 nitrogen and oxygen atoms in total. The lowest BCUT2D eigenvalue weighted by Crippen LogP contribution is -2.21. The number of phenolic OH excluding ortho intramolecular Hbond substituents is 1. The van der Waals surface area contributed by atoms with Gasteiger partial charge >= 0.3 is 0 Å². The predicted molar refractivity (Wildman–Crippen MR) is 161 cm³/mol. The molecule has 0 aliphatic heterocycles. The highest BCUT2D eigenvalue weighted by molar-refractivity contribution is 5.74. The monoisotopic (exact) mass is 539 g/mol. The Balaban J connectivity index is 1.69. The lowest BCUT2D eigenvalue weighted by atomic mass is 9.97. The number of phenols is 1. The minimum absolute atomic E-state index is 0.00217. The fourth-order valence-corrected chi connectivity index (χ4v) is 4.71. The second-order valence-corrected chi connectivity index (χ2v) is 9.96. The minimum Gasteiger partial charge on any atom is -0.508 e. The maximum absolute atomic E-state index is 9.96. The standard InChI is InChI=1S/C35H41NO4/c1-4-10-26-13-15-27(16-14-26)17-22-32-35(29-18-20-30(37)21-19-29)33(39-24-28-11-8-7-9-12-28)23-34(36-32)40-25-31(5-2)38-6-3/h7-9,11-16,18-21,23,31,37H,4-6,10,17,22,24-25H2,1-3H3. The topological polar surface area (TPSA) is 60.8 Å². The van der Waals surface area contributed by atoms with Crippen LogP contribution in [-0.2, 0) is 30.6 Å². The van der Waals surface area contributed by atoms with Crippen molar-refractivity contribution in [1.29, 1.82) is 0 Å². The molecule has 1 N–H and O–H groups in total. The zero-order valence-corrected chi connectivity index (χ0v) is 23.9. The second-order valence-electron chi connectivity index (χ2n) is 9.96. The summed E-state index contributed by atoms with van der Waals surface area (Å²) in [6, 6.07) is 28.1. The van der Waals surface area contributed by atoms with Crippen molar-refractivity contribution < 1.29 is 19.3 Å². The smallest absolute Gasteiger partial charge is 0.217 e. The normalized spacial score (nSPS) is 11.8. The first-order chi connectivity index (χ1) is 19.6. The fourth-order valence-electron chi connectivity index (χ4n) is 4.71. The molecular formula is C35H41NO4. The van der Waals surface area contributed by atoms with E-state index in [0.717, 1.165) is 48.1 Å². The van der Waals surface area contributed by atoms with Crippen molar-refractivity contribution in [1.82, 2.24) is 4.98 Å². The molecule has 0 amide bonds. The first-order valence-electron chi connectivity index (χ1n) is 14.4. The van der Waals surface area contributed by atoms with Crippen LogP contribution in [0.4, 0.5) is 0 Å². The van der Waals surface area contributed by atoms with Gasteiger partial charge in [0.2, 0.25) is 5.88 Å². The number of rotatable bonds is 15. The van der Waals surface area contributed by atoms with Gasteiger partial charge in [-0.2, -0.15) is 0 Å². The second kappa shape index (κ2) is 15.1. The Morgan fingerprint density at radius 2 is 1.45 bits per heavy atom. The van der Waals surface area contributed by atoms with Crippen molar-refractivity contribution in [2.45, 2.75) is 65.6 Å². The lowest BCUT2D eigenvalue weighted by Gasteiger charge is -2.20. The van der Waals surface area contributed by atoms with Crippen molar-refractivity contribution in [3.63, 3.8) is 0 Å². The Morgan fingerprint density at radius 1 is 0.750 bits per heavy atom. The van der Waals surface area contributed by atoms with Crippen LogP contribution in [-0.4, -0.2) is 29.4 Å².